The molecule has 1 N–H and O–H groups in total. The van der Waals surface area contributed by atoms with Crippen molar-refractivity contribution in [3.63, 3.8) is 0 Å². The van der Waals surface area contributed by atoms with Gasteiger partial charge >= 0.3 is 0 Å². The van der Waals surface area contributed by atoms with E-state index >= 15 is 0 Å². The third-order valence-electron chi connectivity index (χ3n) is 2.88. The van der Waals surface area contributed by atoms with Gasteiger partial charge in [0, 0.05) is 28.8 Å². The Kier molecular flexibility index (Phi) is 4.60. The highest BCUT2D eigenvalue weighted by Crippen LogP contribution is 2.29. The Morgan fingerprint density at radius 3 is 3.06 bits per heavy atom. The molecule has 0 saturated carbocycles. The van der Waals surface area contributed by atoms with Gasteiger partial charge in [-0.3, -0.25) is 0 Å². The molecule has 1 saturated heterocycles. The zero-order valence-electron chi connectivity index (χ0n) is 10.6. The molecular weight excluding hydrogens is 230 g/mol. The summed E-state index contributed by atoms with van der Waals surface area (Å²) in [5.41, 5.74) is 1.18. The van der Waals surface area contributed by atoms with E-state index in [0.29, 0.717) is 6.04 Å². The van der Waals surface area contributed by atoms with Crippen molar-refractivity contribution in [3.05, 3.63) is 24.3 Å². The molecule has 0 bridgehead atoms. The lowest BCUT2D eigenvalue weighted by Gasteiger charge is -2.14. The van der Waals surface area contributed by atoms with Crippen LogP contribution in [0.5, 0.6) is 5.75 Å². The lowest BCUT2D eigenvalue weighted by Crippen LogP contribution is -2.18. The molecule has 94 valence electrons. The topological polar surface area (TPSA) is 21.3 Å². The minimum atomic E-state index is 0.608. The quantitative estimate of drug-likeness (QED) is 0.860. The van der Waals surface area contributed by atoms with Crippen LogP contribution in [0, 0.1) is 0 Å². The molecule has 3 heteroatoms. The third-order valence-corrected chi connectivity index (χ3v) is 4.23. The average Bonchev–Trinajstić information content (AvgIpc) is 2.73. The van der Waals surface area contributed by atoms with Gasteiger partial charge in [-0.25, -0.2) is 0 Å². The first kappa shape index (κ1) is 12.6. The van der Waals surface area contributed by atoms with Crippen LogP contribution >= 0.6 is 11.8 Å². The first-order valence-electron chi connectivity index (χ1n) is 6.39. The molecule has 1 aliphatic rings. The van der Waals surface area contributed by atoms with Crippen molar-refractivity contribution in [1.29, 1.82) is 0 Å². The summed E-state index contributed by atoms with van der Waals surface area (Å²) in [5.74, 6) is 2.18. The molecule has 1 aromatic carbocycles. The third kappa shape index (κ3) is 3.84. The summed E-state index contributed by atoms with van der Waals surface area (Å²) in [6, 6.07) is 8.90. The first-order valence-corrected chi connectivity index (χ1v) is 7.44. The van der Waals surface area contributed by atoms with E-state index in [9.17, 15) is 0 Å². The maximum atomic E-state index is 5.64. The van der Waals surface area contributed by atoms with Crippen LogP contribution in [0.25, 0.3) is 0 Å². The van der Waals surface area contributed by atoms with Gasteiger partial charge in [0.05, 0.1) is 6.61 Å². The molecular formula is C14H21NOS. The number of benzene rings is 1. The SMILES string of the molecule is CCCOc1cccc(NC2CSC(C)C2)c1. The predicted molar refractivity (Wildman–Crippen MR) is 76.2 cm³/mol. The summed E-state index contributed by atoms with van der Waals surface area (Å²) in [7, 11) is 0. The number of rotatable bonds is 5. The molecule has 2 atom stereocenters. The van der Waals surface area contributed by atoms with Gasteiger partial charge in [-0.2, -0.15) is 11.8 Å². The first-order chi connectivity index (χ1) is 8.28. The zero-order valence-corrected chi connectivity index (χ0v) is 11.4. The minimum Gasteiger partial charge on any atom is -0.494 e. The molecule has 1 heterocycles. The molecule has 0 radical (unpaired) electrons. The van der Waals surface area contributed by atoms with Gasteiger partial charge in [0.2, 0.25) is 0 Å². The van der Waals surface area contributed by atoms with Crippen molar-refractivity contribution in [2.75, 3.05) is 17.7 Å². The molecule has 2 nitrogen and oxygen atoms in total. The van der Waals surface area contributed by atoms with Gasteiger partial charge in [0.1, 0.15) is 5.75 Å². The van der Waals surface area contributed by atoms with Gasteiger partial charge in [-0.15, -0.1) is 0 Å². The fraction of sp³-hybridized carbons (Fsp3) is 0.571. The summed E-state index contributed by atoms with van der Waals surface area (Å²) >= 11 is 2.05. The van der Waals surface area contributed by atoms with E-state index in [0.717, 1.165) is 24.0 Å². The summed E-state index contributed by atoms with van der Waals surface area (Å²) < 4.78 is 5.64. The fourth-order valence-electron chi connectivity index (χ4n) is 2.05. The molecule has 1 fully saturated rings. The summed E-state index contributed by atoms with van der Waals surface area (Å²) in [4.78, 5) is 0. The Hall–Kier alpha value is -0.830. The highest BCUT2D eigenvalue weighted by Gasteiger charge is 2.21. The van der Waals surface area contributed by atoms with Gasteiger partial charge < -0.3 is 10.1 Å². The molecule has 0 aliphatic carbocycles. The second-order valence-corrected chi connectivity index (χ2v) is 6.07. The number of hydrogen-bond donors (Lipinski definition) is 1. The monoisotopic (exact) mass is 251 g/mol. The predicted octanol–water partition coefficient (Wildman–Crippen LogP) is 3.78. The van der Waals surface area contributed by atoms with Gasteiger partial charge in [0.15, 0.2) is 0 Å². The van der Waals surface area contributed by atoms with E-state index in [-0.39, 0.29) is 0 Å². The van der Waals surface area contributed by atoms with Crippen LogP contribution in [0.1, 0.15) is 26.7 Å². The number of nitrogens with one attached hydrogen (secondary N) is 1. The van der Waals surface area contributed by atoms with E-state index in [2.05, 4.69) is 37.4 Å². The zero-order chi connectivity index (χ0) is 12.1. The number of anilines is 1. The Morgan fingerprint density at radius 2 is 2.35 bits per heavy atom. The Labute approximate surface area is 108 Å². The van der Waals surface area contributed by atoms with Crippen molar-refractivity contribution in [2.24, 2.45) is 0 Å². The molecule has 17 heavy (non-hydrogen) atoms. The van der Waals surface area contributed by atoms with Crippen molar-refractivity contribution in [2.45, 2.75) is 38.0 Å². The lowest BCUT2D eigenvalue weighted by atomic mass is 10.2. The van der Waals surface area contributed by atoms with Crippen molar-refractivity contribution >= 4 is 17.4 Å². The van der Waals surface area contributed by atoms with Crippen LogP contribution in [0.15, 0.2) is 24.3 Å². The molecule has 2 unspecified atom stereocenters. The second-order valence-electron chi connectivity index (χ2n) is 4.60. The van der Waals surface area contributed by atoms with E-state index < -0.39 is 0 Å². The Morgan fingerprint density at radius 1 is 1.47 bits per heavy atom. The molecule has 0 aromatic heterocycles. The fourth-order valence-corrected chi connectivity index (χ4v) is 3.20. The number of thioether (sulfide) groups is 1. The molecule has 1 aliphatic heterocycles. The average molecular weight is 251 g/mol. The summed E-state index contributed by atoms with van der Waals surface area (Å²) in [6.07, 6.45) is 2.30. The Bertz CT molecular complexity index is 356. The summed E-state index contributed by atoms with van der Waals surface area (Å²) in [5, 5.41) is 4.37. The van der Waals surface area contributed by atoms with Crippen LogP contribution in [0.4, 0.5) is 5.69 Å². The van der Waals surface area contributed by atoms with E-state index in [4.69, 9.17) is 4.74 Å². The normalized spacial score (nSPS) is 23.6. The number of hydrogen-bond acceptors (Lipinski definition) is 3. The van der Waals surface area contributed by atoms with Gasteiger partial charge in [-0.05, 0) is 25.0 Å². The highest BCUT2D eigenvalue weighted by atomic mass is 32.2. The lowest BCUT2D eigenvalue weighted by molar-refractivity contribution is 0.317. The summed E-state index contributed by atoms with van der Waals surface area (Å²) in [6.45, 7) is 5.21. The highest BCUT2D eigenvalue weighted by molar-refractivity contribution is 8.00. The van der Waals surface area contributed by atoms with Gasteiger partial charge in [-0.1, -0.05) is 19.9 Å². The van der Waals surface area contributed by atoms with E-state index in [1.165, 1.54) is 17.9 Å². The van der Waals surface area contributed by atoms with Crippen molar-refractivity contribution in [1.82, 2.24) is 0 Å². The van der Waals surface area contributed by atoms with Crippen LogP contribution in [0.2, 0.25) is 0 Å². The molecule has 2 rings (SSSR count). The van der Waals surface area contributed by atoms with Crippen LogP contribution in [0.3, 0.4) is 0 Å². The molecule has 1 aromatic rings. The van der Waals surface area contributed by atoms with Crippen LogP contribution in [-0.4, -0.2) is 23.7 Å². The Balaban J connectivity index is 1.91. The molecule has 0 amide bonds. The van der Waals surface area contributed by atoms with Gasteiger partial charge in [0.25, 0.3) is 0 Å². The van der Waals surface area contributed by atoms with Crippen molar-refractivity contribution in [3.8, 4) is 5.75 Å². The maximum absolute atomic E-state index is 5.64. The minimum absolute atomic E-state index is 0.608. The van der Waals surface area contributed by atoms with Crippen molar-refractivity contribution < 1.29 is 4.74 Å². The number of ether oxygens (including phenoxy) is 1. The van der Waals surface area contributed by atoms with E-state index in [1.807, 2.05) is 17.8 Å². The standard InChI is InChI=1S/C14H21NOS/c1-3-7-16-14-6-4-5-12(9-14)15-13-8-11(2)17-10-13/h4-6,9,11,13,15H,3,7-8,10H2,1-2H3. The maximum Gasteiger partial charge on any atom is 0.121 e. The largest absolute Gasteiger partial charge is 0.494 e. The van der Waals surface area contributed by atoms with E-state index in [1.54, 1.807) is 0 Å². The molecule has 0 spiro atoms. The van der Waals surface area contributed by atoms with Crippen LogP contribution in [-0.2, 0) is 0 Å². The second kappa shape index (κ2) is 6.20. The smallest absolute Gasteiger partial charge is 0.121 e. The van der Waals surface area contributed by atoms with Crippen LogP contribution < -0.4 is 10.1 Å².